The van der Waals surface area contributed by atoms with Crippen molar-refractivity contribution < 1.29 is 9.94 Å². The van der Waals surface area contributed by atoms with E-state index in [9.17, 15) is 5.21 Å². The SMILES string of the molecule is Cc1cnn2c(NCc3ccc[n+](O)c3)cc(C3CCCNC3)nc12. The van der Waals surface area contributed by atoms with E-state index in [4.69, 9.17) is 4.98 Å². The van der Waals surface area contributed by atoms with Crippen LogP contribution in [0.4, 0.5) is 5.82 Å². The molecule has 3 aromatic rings. The van der Waals surface area contributed by atoms with E-state index in [1.807, 2.05) is 29.8 Å². The van der Waals surface area contributed by atoms with Gasteiger partial charge in [-0.15, -0.1) is 0 Å². The molecule has 0 aliphatic carbocycles. The maximum absolute atomic E-state index is 9.55. The molecule has 3 aromatic heterocycles. The van der Waals surface area contributed by atoms with Crippen molar-refractivity contribution in [2.24, 2.45) is 0 Å². The van der Waals surface area contributed by atoms with Crippen LogP contribution < -0.4 is 15.4 Å². The van der Waals surface area contributed by atoms with E-state index >= 15 is 0 Å². The number of hydrogen-bond acceptors (Lipinski definition) is 5. The maximum Gasteiger partial charge on any atom is 0.227 e. The third-order valence-electron chi connectivity index (χ3n) is 4.70. The molecule has 0 radical (unpaired) electrons. The van der Waals surface area contributed by atoms with Gasteiger partial charge in [0.15, 0.2) is 5.65 Å². The average Bonchev–Trinajstić information content (AvgIpc) is 3.02. The predicted molar refractivity (Wildman–Crippen MR) is 93.7 cm³/mol. The van der Waals surface area contributed by atoms with Gasteiger partial charge in [-0.2, -0.15) is 9.61 Å². The van der Waals surface area contributed by atoms with Crippen molar-refractivity contribution in [2.45, 2.75) is 32.2 Å². The van der Waals surface area contributed by atoms with Gasteiger partial charge in [0.1, 0.15) is 5.82 Å². The van der Waals surface area contributed by atoms with Crippen LogP contribution in [0, 0.1) is 6.92 Å². The Balaban J connectivity index is 1.66. The van der Waals surface area contributed by atoms with Gasteiger partial charge in [-0.1, -0.05) is 0 Å². The Hall–Kier alpha value is -2.67. The highest BCUT2D eigenvalue weighted by atomic mass is 16.5. The van der Waals surface area contributed by atoms with Crippen LogP contribution in [0.2, 0.25) is 0 Å². The largest absolute Gasteiger partial charge is 0.366 e. The van der Waals surface area contributed by atoms with Crippen LogP contribution >= 0.6 is 0 Å². The smallest absolute Gasteiger partial charge is 0.227 e. The average molecular weight is 339 g/mol. The lowest BCUT2D eigenvalue weighted by molar-refractivity contribution is -0.905. The summed E-state index contributed by atoms with van der Waals surface area (Å²) in [4.78, 5) is 4.86. The van der Waals surface area contributed by atoms with E-state index < -0.39 is 0 Å². The fourth-order valence-electron chi connectivity index (χ4n) is 3.34. The van der Waals surface area contributed by atoms with Crippen LogP contribution in [0.5, 0.6) is 0 Å². The van der Waals surface area contributed by atoms with Gasteiger partial charge in [0, 0.05) is 47.0 Å². The standard InChI is InChI=1S/C18H23N6O/c1-13-9-21-24-17(20-10-14-4-3-7-23(25)12-14)8-16(22-18(13)24)15-5-2-6-19-11-15/h3-4,7-9,12,15,19-20,25H,2,5-6,10-11H2,1H3/q+1. The van der Waals surface area contributed by atoms with Gasteiger partial charge >= 0.3 is 0 Å². The number of nitrogens with zero attached hydrogens (tertiary/aromatic N) is 4. The summed E-state index contributed by atoms with van der Waals surface area (Å²) in [6.07, 6.45) is 7.47. The number of rotatable bonds is 4. The number of aryl methyl sites for hydroxylation is 1. The minimum absolute atomic E-state index is 0.435. The van der Waals surface area contributed by atoms with Crippen molar-refractivity contribution in [2.75, 3.05) is 18.4 Å². The molecule has 7 nitrogen and oxygen atoms in total. The fraction of sp³-hybridized carbons (Fsp3) is 0.389. The zero-order valence-corrected chi connectivity index (χ0v) is 14.3. The van der Waals surface area contributed by atoms with Crippen LogP contribution in [0.25, 0.3) is 5.65 Å². The third kappa shape index (κ3) is 3.28. The van der Waals surface area contributed by atoms with Crippen LogP contribution in [-0.4, -0.2) is 32.9 Å². The van der Waals surface area contributed by atoms with E-state index in [-0.39, 0.29) is 0 Å². The Morgan fingerprint density at radius 1 is 1.48 bits per heavy atom. The van der Waals surface area contributed by atoms with Gasteiger partial charge in [-0.3, -0.25) is 5.21 Å². The zero-order valence-electron chi connectivity index (χ0n) is 14.3. The minimum atomic E-state index is 0.435. The van der Waals surface area contributed by atoms with Crippen molar-refractivity contribution in [3.8, 4) is 0 Å². The molecule has 4 rings (SSSR count). The molecule has 1 unspecified atom stereocenters. The van der Waals surface area contributed by atoms with Gasteiger partial charge in [0.2, 0.25) is 12.4 Å². The van der Waals surface area contributed by atoms with Crippen LogP contribution in [0.1, 0.15) is 35.6 Å². The first-order valence-electron chi connectivity index (χ1n) is 8.70. The van der Waals surface area contributed by atoms with Crippen LogP contribution in [-0.2, 0) is 6.54 Å². The molecule has 0 bridgehead atoms. The summed E-state index contributed by atoms with van der Waals surface area (Å²) in [5.41, 5.74) is 4.06. The minimum Gasteiger partial charge on any atom is -0.366 e. The summed E-state index contributed by atoms with van der Waals surface area (Å²) in [6.45, 7) is 4.69. The molecular formula is C18H23N6O+. The normalized spacial score (nSPS) is 17.7. The lowest BCUT2D eigenvalue weighted by Gasteiger charge is -2.23. The Morgan fingerprint density at radius 2 is 2.40 bits per heavy atom. The second kappa shape index (κ2) is 6.68. The number of pyridine rings is 1. The summed E-state index contributed by atoms with van der Waals surface area (Å²) < 4.78 is 2.92. The highest BCUT2D eigenvalue weighted by Crippen LogP contribution is 2.26. The number of fused-ring (bicyclic) bond motifs is 1. The van der Waals surface area contributed by atoms with Crippen molar-refractivity contribution in [3.05, 3.63) is 53.6 Å². The van der Waals surface area contributed by atoms with Gasteiger partial charge in [-0.05, 0) is 32.4 Å². The molecule has 0 saturated carbocycles. The molecule has 1 aliphatic heterocycles. The van der Waals surface area contributed by atoms with Crippen molar-refractivity contribution in [3.63, 3.8) is 0 Å². The molecule has 4 heterocycles. The zero-order chi connectivity index (χ0) is 17.2. The molecule has 0 aromatic carbocycles. The summed E-state index contributed by atoms with van der Waals surface area (Å²) >= 11 is 0. The lowest BCUT2D eigenvalue weighted by atomic mass is 9.96. The fourth-order valence-corrected chi connectivity index (χ4v) is 3.34. The molecular weight excluding hydrogens is 316 g/mol. The molecule has 3 N–H and O–H groups in total. The Morgan fingerprint density at radius 3 is 3.20 bits per heavy atom. The second-order valence-corrected chi connectivity index (χ2v) is 6.62. The highest BCUT2D eigenvalue weighted by Gasteiger charge is 2.19. The summed E-state index contributed by atoms with van der Waals surface area (Å²) in [5.74, 6) is 1.36. The lowest BCUT2D eigenvalue weighted by Crippen LogP contribution is -2.29. The molecule has 1 aliphatic rings. The summed E-state index contributed by atoms with van der Waals surface area (Å²) in [6, 6.07) is 5.89. The summed E-state index contributed by atoms with van der Waals surface area (Å²) in [5, 5.41) is 20.9. The van der Waals surface area contributed by atoms with Gasteiger partial charge in [-0.25, -0.2) is 4.98 Å². The Labute approximate surface area is 146 Å². The molecule has 1 atom stereocenters. The highest BCUT2D eigenvalue weighted by molar-refractivity contribution is 5.54. The Bertz CT molecular complexity index is 884. The van der Waals surface area contributed by atoms with E-state index in [1.54, 1.807) is 12.4 Å². The maximum atomic E-state index is 9.55. The molecule has 130 valence electrons. The topological polar surface area (TPSA) is 78.4 Å². The van der Waals surface area contributed by atoms with Gasteiger partial charge < -0.3 is 10.6 Å². The van der Waals surface area contributed by atoms with E-state index in [1.165, 1.54) is 6.42 Å². The number of piperidine rings is 1. The first-order chi connectivity index (χ1) is 12.2. The predicted octanol–water partition coefficient (Wildman–Crippen LogP) is 1.64. The van der Waals surface area contributed by atoms with E-state index in [2.05, 4.69) is 21.8 Å². The first-order valence-corrected chi connectivity index (χ1v) is 8.70. The summed E-state index contributed by atoms with van der Waals surface area (Å²) in [7, 11) is 0. The molecule has 7 heteroatoms. The van der Waals surface area contributed by atoms with Crippen molar-refractivity contribution >= 4 is 11.5 Å². The van der Waals surface area contributed by atoms with Crippen molar-refractivity contribution in [1.82, 2.24) is 19.9 Å². The van der Waals surface area contributed by atoms with Crippen LogP contribution in [0.3, 0.4) is 0 Å². The van der Waals surface area contributed by atoms with Gasteiger partial charge in [0.25, 0.3) is 0 Å². The van der Waals surface area contributed by atoms with Crippen LogP contribution in [0.15, 0.2) is 36.8 Å². The molecule has 1 fully saturated rings. The van der Waals surface area contributed by atoms with E-state index in [0.717, 1.165) is 52.5 Å². The number of hydrogen-bond donors (Lipinski definition) is 3. The number of nitrogens with one attached hydrogen (secondary N) is 2. The quantitative estimate of drug-likeness (QED) is 0.497. The number of aromatic nitrogens is 4. The van der Waals surface area contributed by atoms with Gasteiger partial charge in [0.05, 0.1) is 11.9 Å². The first kappa shape index (κ1) is 15.8. The van der Waals surface area contributed by atoms with E-state index in [0.29, 0.717) is 12.5 Å². The molecule has 25 heavy (non-hydrogen) atoms. The second-order valence-electron chi connectivity index (χ2n) is 6.62. The third-order valence-corrected chi connectivity index (χ3v) is 4.70. The van der Waals surface area contributed by atoms with Crippen molar-refractivity contribution in [1.29, 1.82) is 0 Å². The molecule has 0 spiro atoms. The Kier molecular flexibility index (Phi) is 4.23. The number of anilines is 1. The molecule has 1 saturated heterocycles. The monoisotopic (exact) mass is 339 g/mol. The molecule has 0 amide bonds.